The van der Waals surface area contributed by atoms with Crippen molar-refractivity contribution in [3.05, 3.63) is 50.8 Å². The molecule has 8 aliphatic rings. The Morgan fingerprint density at radius 3 is 1.86 bits per heavy atom. The van der Waals surface area contributed by atoms with E-state index in [1.807, 2.05) is 23.5 Å². The zero-order valence-corrected chi connectivity index (χ0v) is 33.1. The van der Waals surface area contributed by atoms with Gasteiger partial charge in [-0.15, -0.1) is 46.2 Å². The molecule has 272 valence electrons. The van der Waals surface area contributed by atoms with E-state index in [1.54, 1.807) is 34.4 Å². The van der Waals surface area contributed by atoms with Crippen LogP contribution >= 0.6 is 58.0 Å². The Bertz CT molecular complexity index is 2120. The SMILES string of the molecule is CCC1S/C(=c2/s/c(=c3/s/c(=C4/S/C(=C5/SC(C(C)(C)C)C6=C5OCCO6)C5OCCOC45)c4c3OCCO4)c3c2OCCO3)C2=C1OCCC2. The second-order valence-electron chi connectivity index (χ2n) is 14.4. The lowest BCUT2D eigenvalue weighted by molar-refractivity contribution is -0.0949. The van der Waals surface area contributed by atoms with Crippen LogP contribution in [0.1, 0.15) is 47.0 Å². The molecule has 4 unspecified atom stereocenters. The highest BCUT2D eigenvalue weighted by molar-refractivity contribution is 8.13. The van der Waals surface area contributed by atoms with Gasteiger partial charge in [-0.05, 0) is 24.7 Å². The largest absolute Gasteiger partial charge is 0.496 e. The van der Waals surface area contributed by atoms with E-state index < -0.39 is 0 Å². The highest BCUT2D eigenvalue weighted by Gasteiger charge is 2.49. The summed E-state index contributed by atoms with van der Waals surface area (Å²) in [7, 11) is 0. The van der Waals surface area contributed by atoms with Gasteiger partial charge < -0.3 is 42.6 Å². The van der Waals surface area contributed by atoms with Gasteiger partial charge in [0.05, 0.1) is 53.4 Å². The van der Waals surface area contributed by atoms with Gasteiger partial charge in [0.2, 0.25) is 0 Å². The molecule has 0 bridgehead atoms. The number of fused-ring (bicyclic) bond motifs is 3. The molecule has 10 heterocycles. The number of thiophene rings is 2. The number of hydrogen-bond donors (Lipinski definition) is 0. The third-order valence-corrected chi connectivity index (χ3v) is 17.5. The summed E-state index contributed by atoms with van der Waals surface area (Å²) in [4.78, 5) is 4.58. The van der Waals surface area contributed by atoms with Crippen LogP contribution in [0.3, 0.4) is 0 Å². The van der Waals surface area contributed by atoms with Crippen LogP contribution in [0.2, 0.25) is 0 Å². The minimum atomic E-state index is -0.268. The second-order valence-corrected chi connectivity index (χ2v) is 19.8. The molecule has 51 heavy (non-hydrogen) atoms. The lowest BCUT2D eigenvalue weighted by atomic mass is 9.90. The average molecular weight is 789 g/mol. The fourth-order valence-electron chi connectivity index (χ4n) is 7.70. The van der Waals surface area contributed by atoms with Gasteiger partial charge >= 0.3 is 0 Å². The first-order valence-corrected chi connectivity index (χ1v) is 22.1. The molecular weight excluding hydrogens is 749 g/mol. The normalized spacial score (nSPS) is 32.6. The van der Waals surface area contributed by atoms with Crippen molar-refractivity contribution in [1.29, 1.82) is 0 Å². The third-order valence-electron chi connectivity index (χ3n) is 9.95. The summed E-state index contributed by atoms with van der Waals surface area (Å²) in [5.41, 5.74) is 1.32. The highest BCUT2D eigenvalue weighted by Crippen LogP contribution is 2.58. The number of ether oxygens (including phenoxy) is 9. The van der Waals surface area contributed by atoms with Crippen molar-refractivity contribution < 1.29 is 42.6 Å². The van der Waals surface area contributed by atoms with Gasteiger partial charge in [-0.3, -0.25) is 0 Å². The molecule has 0 N–H and O–H groups in total. The maximum Gasteiger partial charge on any atom is 0.181 e. The molecule has 2 aromatic rings. The zero-order chi connectivity index (χ0) is 34.4. The average Bonchev–Trinajstić information content (AvgIpc) is 3.97. The zero-order valence-electron chi connectivity index (χ0n) is 29.0. The minimum absolute atomic E-state index is 0.0142. The van der Waals surface area contributed by atoms with Gasteiger partial charge in [-0.1, -0.05) is 39.5 Å². The maximum absolute atomic E-state index is 6.56. The predicted octanol–water partition coefficient (Wildman–Crippen LogP) is 6.61. The molecule has 14 heteroatoms. The van der Waals surface area contributed by atoms with E-state index in [0.29, 0.717) is 58.1 Å². The van der Waals surface area contributed by atoms with E-state index >= 15 is 0 Å². The van der Waals surface area contributed by atoms with Crippen LogP contribution in [0.5, 0.6) is 23.0 Å². The fourth-order valence-corrected chi connectivity index (χ4v) is 14.8. The first-order chi connectivity index (χ1) is 24.9. The summed E-state index contributed by atoms with van der Waals surface area (Å²) in [6.45, 7) is 14.0. The standard InChI is InChI=1S/C37H40O9S5/c1-5-18-19-17(7-6-8-38-19)28(47-18)29-20-21(40-10-9-39-20)30(48-29)31-22-23(42-12-11-41-22)32(49-31)33-24-25(44-14-13-43-24)34(50-33)35-26-27(46-16-15-45-26)36(51-35)37(2,3)4/h18,24-25,36H,5-16H2,1-4H3/b29-28+,31-30+,33-32+,35-34+. The predicted molar refractivity (Wildman–Crippen MR) is 202 cm³/mol. The summed E-state index contributed by atoms with van der Waals surface area (Å²) in [5.74, 6) is 6.13. The smallest absolute Gasteiger partial charge is 0.181 e. The van der Waals surface area contributed by atoms with Crippen molar-refractivity contribution in [1.82, 2.24) is 0 Å². The quantitative estimate of drug-likeness (QED) is 0.312. The first-order valence-electron chi connectivity index (χ1n) is 17.8. The molecule has 0 spiro atoms. The van der Waals surface area contributed by atoms with Crippen molar-refractivity contribution in [3.8, 4) is 23.0 Å². The van der Waals surface area contributed by atoms with Gasteiger partial charge in [0.15, 0.2) is 34.5 Å². The van der Waals surface area contributed by atoms with Crippen molar-refractivity contribution >= 4 is 67.8 Å². The molecule has 0 amide bonds. The van der Waals surface area contributed by atoms with Gasteiger partial charge in [0.25, 0.3) is 0 Å². The molecule has 0 radical (unpaired) electrons. The maximum atomic E-state index is 6.56. The Morgan fingerprint density at radius 2 is 1.18 bits per heavy atom. The van der Waals surface area contributed by atoms with Crippen LogP contribution in [0.25, 0.3) is 9.81 Å². The molecule has 0 aromatic carbocycles. The van der Waals surface area contributed by atoms with Crippen LogP contribution in [-0.2, 0) is 23.7 Å². The summed E-state index contributed by atoms with van der Waals surface area (Å²) in [6.07, 6.45) is 2.56. The molecule has 4 atom stereocenters. The monoisotopic (exact) mass is 788 g/mol. The molecule has 0 saturated carbocycles. The Kier molecular flexibility index (Phi) is 8.57. The van der Waals surface area contributed by atoms with E-state index in [4.69, 9.17) is 42.6 Å². The minimum Gasteiger partial charge on any atom is -0.496 e. The lowest BCUT2D eigenvalue weighted by Gasteiger charge is -2.29. The van der Waals surface area contributed by atoms with Gasteiger partial charge in [-0.2, -0.15) is 0 Å². The molecular formula is C37H40O9S5. The molecule has 2 fully saturated rings. The van der Waals surface area contributed by atoms with Crippen molar-refractivity contribution in [3.63, 3.8) is 0 Å². The van der Waals surface area contributed by atoms with E-state index in [-0.39, 0.29) is 22.9 Å². The number of hydrogen-bond acceptors (Lipinski definition) is 14. The van der Waals surface area contributed by atoms with E-state index in [1.165, 1.54) is 10.5 Å². The molecule has 10 rings (SSSR count). The molecule has 2 aromatic heterocycles. The second kappa shape index (κ2) is 13.1. The van der Waals surface area contributed by atoms with Crippen LogP contribution in [-0.4, -0.2) is 82.2 Å². The van der Waals surface area contributed by atoms with Gasteiger partial charge in [0.1, 0.15) is 57.6 Å². The highest BCUT2D eigenvalue weighted by atomic mass is 32.2. The summed E-state index contributed by atoms with van der Waals surface area (Å²) in [6, 6.07) is 0. The van der Waals surface area contributed by atoms with Gasteiger partial charge in [0, 0.05) is 20.3 Å². The Hall–Kier alpha value is -2.07. The molecule has 8 aliphatic heterocycles. The molecule has 0 aliphatic carbocycles. The van der Waals surface area contributed by atoms with Crippen molar-refractivity contribution in [2.24, 2.45) is 5.41 Å². The Labute approximate surface area is 317 Å². The number of rotatable bonds is 1. The summed E-state index contributed by atoms with van der Waals surface area (Å²) in [5, 5.41) is 0.482. The van der Waals surface area contributed by atoms with Crippen LogP contribution in [0, 0.1) is 14.5 Å². The third kappa shape index (κ3) is 5.39. The van der Waals surface area contributed by atoms with Gasteiger partial charge in [-0.25, -0.2) is 0 Å². The molecule has 9 nitrogen and oxygen atoms in total. The van der Waals surface area contributed by atoms with Crippen molar-refractivity contribution in [2.45, 2.75) is 69.7 Å². The lowest BCUT2D eigenvalue weighted by Crippen LogP contribution is -2.37. The fraction of sp³-hybridized carbons (Fsp3) is 0.568. The Morgan fingerprint density at radius 1 is 0.588 bits per heavy atom. The van der Waals surface area contributed by atoms with E-state index in [2.05, 4.69) is 27.7 Å². The van der Waals surface area contributed by atoms with E-state index in [9.17, 15) is 0 Å². The van der Waals surface area contributed by atoms with E-state index in [0.717, 1.165) is 99.0 Å². The van der Waals surface area contributed by atoms with Crippen LogP contribution in [0.15, 0.2) is 32.7 Å². The molecule has 2 saturated heterocycles. The van der Waals surface area contributed by atoms with Crippen LogP contribution < -0.4 is 28.0 Å². The topological polar surface area (TPSA) is 83.1 Å². The summed E-state index contributed by atoms with van der Waals surface area (Å²) >= 11 is 8.91. The Balaban J connectivity index is 1.20. The first kappa shape index (κ1) is 33.5. The van der Waals surface area contributed by atoms with Crippen molar-refractivity contribution in [2.75, 3.05) is 59.5 Å². The number of thioether (sulfide) groups is 3. The summed E-state index contributed by atoms with van der Waals surface area (Å²) < 4.78 is 62.0. The van der Waals surface area contributed by atoms with Crippen LogP contribution in [0.4, 0.5) is 0 Å².